The van der Waals surface area contributed by atoms with Crippen molar-refractivity contribution in [3.8, 4) is 0 Å². The maximum Gasteiger partial charge on any atom is 0.407 e. The van der Waals surface area contributed by atoms with E-state index < -0.39 is 18.6 Å². The maximum absolute atomic E-state index is 12.4. The molecule has 0 aliphatic rings. The summed E-state index contributed by atoms with van der Waals surface area (Å²) < 4.78 is 5.13. The number of benzene rings is 1. The number of aliphatic hydroxyl groups excluding tert-OH is 1. The lowest BCUT2D eigenvalue weighted by Gasteiger charge is -2.22. The van der Waals surface area contributed by atoms with E-state index in [0.717, 1.165) is 29.7 Å². The van der Waals surface area contributed by atoms with E-state index in [1.54, 1.807) is 0 Å². The first kappa shape index (κ1) is 23.6. The number of amides is 3. The molecule has 0 aromatic heterocycles. The van der Waals surface area contributed by atoms with Crippen molar-refractivity contribution in [1.29, 1.82) is 0 Å². The van der Waals surface area contributed by atoms with Crippen molar-refractivity contribution in [2.24, 2.45) is 5.92 Å². The summed E-state index contributed by atoms with van der Waals surface area (Å²) in [6.45, 7) is 4.19. The second-order valence-corrected chi connectivity index (χ2v) is 6.89. The largest absolute Gasteiger partial charge is 0.445 e. The fraction of sp³-hybridized carbons (Fsp3) is 0.571. The van der Waals surface area contributed by atoms with Crippen LogP contribution in [0.4, 0.5) is 4.79 Å². The maximum atomic E-state index is 12.4. The number of aliphatic hydroxyl groups is 1. The van der Waals surface area contributed by atoms with Crippen LogP contribution in [-0.4, -0.2) is 47.6 Å². The summed E-state index contributed by atoms with van der Waals surface area (Å²) in [4.78, 5) is 37.1. The second-order valence-electron chi connectivity index (χ2n) is 6.89. The summed E-state index contributed by atoms with van der Waals surface area (Å²) in [5, 5.41) is 11.7. The van der Waals surface area contributed by atoms with Crippen LogP contribution in [0.1, 0.15) is 51.5 Å². The number of ether oxygens (including phenoxy) is 1. The number of nitrogens with zero attached hydrogens (tertiary/aromatic N) is 1. The van der Waals surface area contributed by atoms with Gasteiger partial charge in [0.1, 0.15) is 13.2 Å². The van der Waals surface area contributed by atoms with Gasteiger partial charge < -0.3 is 15.2 Å². The minimum Gasteiger partial charge on any atom is -0.445 e. The van der Waals surface area contributed by atoms with Crippen molar-refractivity contribution in [3.05, 3.63) is 35.9 Å². The molecule has 156 valence electrons. The Morgan fingerprint density at radius 3 is 2.50 bits per heavy atom. The zero-order chi connectivity index (χ0) is 20.8. The number of carbonyl (C=O) groups excluding carboxylic acids is 3. The van der Waals surface area contributed by atoms with Gasteiger partial charge in [-0.1, -0.05) is 57.0 Å². The topological polar surface area (TPSA) is 95.9 Å². The van der Waals surface area contributed by atoms with E-state index in [9.17, 15) is 14.4 Å². The van der Waals surface area contributed by atoms with Gasteiger partial charge in [-0.3, -0.25) is 14.5 Å². The first-order valence-corrected chi connectivity index (χ1v) is 9.86. The molecule has 0 heterocycles. The highest BCUT2D eigenvalue weighted by molar-refractivity contribution is 5.95. The van der Waals surface area contributed by atoms with Crippen LogP contribution < -0.4 is 5.32 Å². The molecule has 0 bridgehead atoms. The van der Waals surface area contributed by atoms with E-state index in [-0.39, 0.29) is 24.9 Å². The number of imide groups is 1. The lowest BCUT2D eigenvalue weighted by atomic mass is 10.0. The zero-order valence-electron chi connectivity index (χ0n) is 16.9. The highest BCUT2D eigenvalue weighted by atomic mass is 16.5. The van der Waals surface area contributed by atoms with Crippen molar-refractivity contribution >= 4 is 17.9 Å². The molecule has 0 aliphatic carbocycles. The quantitative estimate of drug-likeness (QED) is 0.533. The highest BCUT2D eigenvalue weighted by Gasteiger charge is 2.22. The number of hydrogen-bond donors (Lipinski definition) is 2. The molecule has 0 spiro atoms. The fourth-order valence-electron chi connectivity index (χ4n) is 2.70. The Morgan fingerprint density at radius 2 is 1.86 bits per heavy atom. The van der Waals surface area contributed by atoms with Gasteiger partial charge in [0.25, 0.3) is 5.91 Å². The van der Waals surface area contributed by atoms with E-state index in [1.807, 2.05) is 44.2 Å². The van der Waals surface area contributed by atoms with Crippen LogP contribution in [0.3, 0.4) is 0 Å². The van der Waals surface area contributed by atoms with E-state index in [1.165, 1.54) is 0 Å². The summed E-state index contributed by atoms with van der Waals surface area (Å²) in [5.74, 6) is -0.854. The zero-order valence-corrected chi connectivity index (χ0v) is 16.9. The molecule has 1 unspecified atom stereocenters. The number of alkyl carbamates (subject to hydrolysis) is 1. The Hall–Kier alpha value is -2.41. The number of rotatable bonds is 12. The molecular weight excluding hydrogens is 360 g/mol. The van der Waals surface area contributed by atoms with Crippen molar-refractivity contribution in [3.63, 3.8) is 0 Å². The van der Waals surface area contributed by atoms with Crippen molar-refractivity contribution in [2.45, 2.75) is 52.6 Å². The predicted molar refractivity (Wildman–Crippen MR) is 106 cm³/mol. The van der Waals surface area contributed by atoms with Gasteiger partial charge >= 0.3 is 6.09 Å². The summed E-state index contributed by atoms with van der Waals surface area (Å²) in [6, 6.07) is 9.40. The molecule has 28 heavy (non-hydrogen) atoms. The average molecular weight is 392 g/mol. The molecule has 0 fully saturated rings. The molecule has 3 amide bonds. The van der Waals surface area contributed by atoms with Crippen LogP contribution in [0.2, 0.25) is 0 Å². The average Bonchev–Trinajstić information content (AvgIpc) is 2.69. The monoisotopic (exact) mass is 392 g/mol. The minimum atomic E-state index is -0.666. The van der Waals surface area contributed by atoms with Gasteiger partial charge in [-0.05, 0) is 24.3 Å². The lowest BCUT2D eigenvalue weighted by Crippen LogP contribution is -2.40. The summed E-state index contributed by atoms with van der Waals surface area (Å²) in [6.07, 6.45) is 2.92. The molecule has 2 N–H and O–H groups in total. The van der Waals surface area contributed by atoms with Crippen molar-refractivity contribution < 1.29 is 24.2 Å². The normalized spacial score (nSPS) is 11.5. The molecule has 7 nitrogen and oxygen atoms in total. The third kappa shape index (κ3) is 9.50. The van der Waals surface area contributed by atoms with Gasteiger partial charge in [0.2, 0.25) is 5.91 Å². The SMILES string of the molecule is CCCCCN(C(=O)CO)C(=O)CC(C)CCNC(=O)OCc1ccccc1. The second kappa shape index (κ2) is 13.7. The summed E-state index contributed by atoms with van der Waals surface area (Å²) >= 11 is 0. The number of nitrogens with one attached hydrogen (secondary N) is 1. The van der Waals surface area contributed by atoms with Gasteiger partial charge in [-0.2, -0.15) is 0 Å². The highest BCUT2D eigenvalue weighted by Crippen LogP contribution is 2.11. The van der Waals surface area contributed by atoms with Crippen LogP contribution >= 0.6 is 0 Å². The standard InChI is InChI=1S/C21H32N2O5/c1-3-4-8-13-23(20(26)15-24)19(25)14-17(2)11-12-22-21(27)28-16-18-9-6-5-7-10-18/h5-7,9-10,17,24H,3-4,8,11-16H2,1-2H3,(H,22,27). The van der Waals surface area contributed by atoms with E-state index in [4.69, 9.17) is 9.84 Å². The van der Waals surface area contributed by atoms with E-state index >= 15 is 0 Å². The fourth-order valence-corrected chi connectivity index (χ4v) is 2.70. The molecule has 1 atom stereocenters. The molecule has 1 aromatic carbocycles. The van der Waals surface area contributed by atoms with Gasteiger partial charge in [0, 0.05) is 19.5 Å². The molecule has 0 aliphatic heterocycles. The molecule has 1 rings (SSSR count). The Kier molecular flexibility index (Phi) is 11.6. The molecular formula is C21H32N2O5. The predicted octanol–water partition coefficient (Wildman–Crippen LogP) is 2.87. The molecule has 0 saturated heterocycles. The summed E-state index contributed by atoms with van der Waals surface area (Å²) in [5.41, 5.74) is 0.910. The lowest BCUT2D eigenvalue weighted by molar-refractivity contribution is -0.147. The van der Waals surface area contributed by atoms with Crippen molar-refractivity contribution in [1.82, 2.24) is 10.2 Å². The Morgan fingerprint density at radius 1 is 1.14 bits per heavy atom. The number of unbranched alkanes of at least 4 members (excludes halogenated alkanes) is 2. The first-order valence-electron chi connectivity index (χ1n) is 9.86. The Balaban J connectivity index is 2.30. The summed E-state index contributed by atoms with van der Waals surface area (Å²) in [7, 11) is 0. The molecule has 0 saturated carbocycles. The van der Waals surface area contributed by atoms with Crippen LogP contribution in [0.15, 0.2) is 30.3 Å². The number of carbonyl (C=O) groups is 3. The van der Waals surface area contributed by atoms with Crippen LogP contribution in [0.5, 0.6) is 0 Å². The molecule has 0 radical (unpaired) electrons. The van der Waals surface area contributed by atoms with Crippen LogP contribution in [0, 0.1) is 5.92 Å². The number of hydrogen-bond acceptors (Lipinski definition) is 5. The van der Waals surface area contributed by atoms with Crippen LogP contribution in [0.25, 0.3) is 0 Å². The third-order valence-corrected chi connectivity index (χ3v) is 4.36. The third-order valence-electron chi connectivity index (χ3n) is 4.36. The Bertz CT molecular complexity index is 606. The van der Waals surface area contributed by atoms with Gasteiger partial charge in [0.05, 0.1) is 0 Å². The smallest absolute Gasteiger partial charge is 0.407 e. The van der Waals surface area contributed by atoms with E-state index in [2.05, 4.69) is 5.32 Å². The van der Waals surface area contributed by atoms with Gasteiger partial charge in [-0.15, -0.1) is 0 Å². The Labute approximate surface area is 167 Å². The van der Waals surface area contributed by atoms with Gasteiger partial charge in [0.15, 0.2) is 0 Å². The molecule has 1 aromatic rings. The molecule has 7 heteroatoms. The van der Waals surface area contributed by atoms with Gasteiger partial charge in [-0.25, -0.2) is 4.79 Å². The first-order chi connectivity index (χ1) is 13.5. The van der Waals surface area contributed by atoms with Crippen molar-refractivity contribution in [2.75, 3.05) is 19.7 Å². The van der Waals surface area contributed by atoms with Crippen LogP contribution in [-0.2, 0) is 20.9 Å². The minimum absolute atomic E-state index is 0.0120. The van der Waals surface area contributed by atoms with E-state index in [0.29, 0.717) is 19.5 Å².